The number of rotatable bonds is 2. The quantitative estimate of drug-likeness (QED) is 0.859. The van der Waals surface area contributed by atoms with Crippen LogP contribution < -0.4 is 11.1 Å². The van der Waals surface area contributed by atoms with Gasteiger partial charge >= 0.3 is 0 Å². The summed E-state index contributed by atoms with van der Waals surface area (Å²) in [5.74, 6) is 0.198. The molecule has 1 aliphatic carbocycles. The molecule has 19 heavy (non-hydrogen) atoms. The molecule has 0 spiro atoms. The largest absolute Gasteiger partial charge is 0.328 e. The highest BCUT2D eigenvalue weighted by atomic mass is 16.1. The van der Waals surface area contributed by atoms with Crippen LogP contribution in [0.25, 0.3) is 0 Å². The Kier molecular flexibility index (Phi) is 3.68. The topological polar surface area (TPSA) is 55.1 Å². The summed E-state index contributed by atoms with van der Waals surface area (Å²) >= 11 is 0. The summed E-state index contributed by atoms with van der Waals surface area (Å²) in [5.41, 5.74) is 9.09. The molecule has 0 heterocycles. The molecule has 3 N–H and O–H groups in total. The number of benzene rings is 1. The zero-order chi connectivity index (χ0) is 14.2. The SMILES string of the molecule is Cc1ccc(C(C)(C)C)cc1NC(=O)C1CC(N)C1. The molecule has 1 fully saturated rings. The van der Waals surface area contributed by atoms with Crippen LogP contribution in [0.5, 0.6) is 0 Å². The van der Waals surface area contributed by atoms with Crippen molar-refractivity contribution in [2.45, 2.75) is 52.0 Å². The van der Waals surface area contributed by atoms with Gasteiger partial charge in [-0.25, -0.2) is 0 Å². The average Bonchev–Trinajstić information content (AvgIpc) is 2.26. The molecule has 0 atom stereocenters. The second-order valence-corrected chi connectivity index (χ2v) is 6.70. The van der Waals surface area contributed by atoms with Crippen molar-refractivity contribution in [1.29, 1.82) is 0 Å². The lowest BCUT2D eigenvalue weighted by molar-refractivity contribution is -0.122. The lowest BCUT2D eigenvalue weighted by atomic mass is 9.80. The fraction of sp³-hybridized carbons (Fsp3) is 0.562. The first-order valence-electron chi connectivity index (χ1n) is 6.95. The minimum Gasteiger partial charge on any atom is -0.328 e. The van der Waals surface area contributed by atoms with Crippen molar-refractivity contribution in [2.24, 2.45) is 11.7 Å². The van der Waals surface area contributed by atoms with E-state index in [4.69, 9.17) is 5.73 Å². The minimum atomic E-state index is 0.0893. The molecule has 1 saturated carbocycles. The first-order chi connectivity index (χ1) is 8.77. The number of hydrogen-bond donors (Lipinski definition) is 2. The van der Waals surface area contributed by atoms with Crippen LogP contribution in [0.2, 0.25) is 0 Å². The molecule has 0 radical (unpaired) electrons. The summed E-state index contributed by atoms with van der Waals surface area (Å²) in [6, 6.07) is 6.50. The van der Waals surface area contributed by atoms with E-state index in [0.29, 0.717) is 0 Å². The van der Waals surface area contributed by atoms with Crippen molar-refractivity contribution in [3.05, 3.63) is 29.3 Å². The highest BCUT2D eigenvalue weighted by Gasteiger charge is 2.32. The van der Waals surface area contributed by atoms with E-state index >= 15 is 0 Å². The summed E-state index contributed by atoms with van der Waals surface area (Å²) in [4.78, 5) is 12.1. The molecule has 0 bridgehead atoms. The van der Waals surface area contributed by atoms with E-state index in [0.717, 1.165) is 24.1 Å². The molecule has 1 aromatic rings. The van der Waals surface area contributed by atoms with Gasteiger partial charge in [0.25, 0.3) is 0 Å². The van der Waals surface area contributed by atoms with Crippen LogP contribution in [-0.4, -0.2) is 11.9 Å². The Balaban J connectivity index is 2.13. The monoisotopic (exact) mass is 260 g/mol. The Labute approximate surface area is 115 Å². The molecule has 1 aliphatic rings. The smallest absolute Gasteiger partial charge is 0.227 e. The molecule has 1 aromatic carbocycles. The van der Waals surface area contributed by atoms with Gasteiger partial charge in [0.15, 0.2) is 0 Å². The first kappa shape index (κ1) is 14.1. The van der Waals surface area contributed by atoms with Gasteiger partial charge in [-0.15, -0.1) is 0 Å². The van der Waals surface area contributed by atoms with E-state index in [9.17, 15) is 4.79 Å². The maximum atomic E-state index is 12.1. The van der Waals surface area contributed by atoms with Gasteiger partial charge in [-0.1, -0.05) is 32.9 Å². The number of nitrogens with one attached hydrogen (secondary N) is 1. The van der Waals surface area contributed by atoms with Crippen molar-refractivity contribution in [1.82, 2.24) is 0 Å². The molecule has 0 aliphatic heterocycles. The summed E-state index contributed by atoms with van der Waals surface area (Å²) in [7, 11) is 0. The van der Waals surface area contributed by atoms with Gasteiger partial charge in [0.1, 0.15) is 0 Å². The molecule has 1 amide bonds. The van der Waals surface area contributed by atoms with Crippen LogP contribution in [0, 0.1) is 12.8 Å². The summed E-state index contributed by atoms with van der Waals surface area (Å²) < 4.78 is 0. The zero-order valence-corrected chi connectivity index (χ0v) is 12.3. The van der Waals surface area contributed by atoms with Gasteiger partial charge in [-0.3, -0.25) is 4.79 Å². The normalized spacial score (nSPS) is 22.8. The molecule has 3 nitrogen and oxygen atoms in total. The molecule has 0 aromatic heterocycles. The molecular formula is C16H24N2O. The van der Waals surface area contributed by atoms with Crippen molar-refractivity contribution in [3.8, 4) is 0 Å². The van der Waals surface area contributed by atoms with Crippen LogP contribution in [0.4, 0.5) is 5.69 Å². The second-order valence-electron chi connectivity index (χ2n) is 6.70. The third-order valence-electron chi connectivity index (χ3n) is 3.91. The maximum absolute atomic E-state index is 12.1. The van der Waals surface area contributed by atoms with E-state index in [2.05, 4.69) is 44.3 Å². The predicted octanol–water partition coefficient (Wildman–Crippen LogP) is 2.97. The van der Waals surface area contributed by atoms with E-state index in [1.54, 1.807) is 0 Å². The Morgan fingerprint density at radius 1 is 1.32 bits per heavy atom. The minimum absolute atomic E-state index is 0.0893. The number of nitrogens with two attached hydrogens (primary N) is 1. The standard InChI is InChI=1S/C16H24N2O/c1-10-5-6-12(16(2,3)4)9-14(10)18-15(19)11-7-13(17)8-11/h5-6,9,11,13H,7-8,17H2,1-4H3,(H,18,19). The summed E-state index contributed by atoms with van der Waals surface area (Å²) in [6.45, 7) is 8.55. The fourth-order valence-corrected chi connectivity index (χ4v) is 2.33. The molecular weight excluding hydrogens is 236 g/mol. The summed E-state index contributed by atoms with van der Waals surface area (Å²) in [6.07, 6.45) is 1.62. The average molecular weight is 260 g/mol. The number of anilines is 1. The van der Waals surface area contributed by atoms with Gasteiger partial charge in [-0.05, 0) is 42.4 Å². The van der Waals surface area contributed by atoms with Gasteiger partial charge in [0, 0.05) is 17.6 Å². The van der Waals surface area contributed by atoms with Crippen LogP contribution in [0.3, 0.4) is 0 Å². The Hall–Kier alpha value is -1.35. The van der Waals surface area contributed by atoms with Gasteiger partial charge in [0.2, 0.25) is 5.91 Å². The third kappa shape index (κ3) is 3.16. The second kappa shape index (κ2) is 4.97. The molecule has 0 saturated heterocycles. The first-order valence-corrected chi connectivity index (χ1v) is 6.95. The number of amides is 1. The van der Waals surface area contributed by atoms with Crippen LogP contribution in [0.1, 0.15) is 44.7 Å². The van der Waals surface area contributed by atoms with Crippen LogP contribution in [-0.2, 0) is 10.2 Å². The van der Waals surface area contributed by atoms with Crippen molar-refractivity contribution >= 4 is 11.6 Å². The molecule has 2 rings (SSSR count). The number of aryl methyl sites for hydroxylation is 1. The van der Waals surface area contributed by atoms with Crippen molar-refractivity contribution in [3.63, 3.8) is 0 Å². The van der Waals surface area contributed by atoms with Gasteiger partial charge in [0.05, 0.1) is 0 Å². The Morgan fingerprint density at radius 2 is 1.95 bits per heavy atom. The van der Waals surface area contributed by atoms with Crippen LogP contribution in [0.15, 0.2) is 18.2 Å². The zero-order valence-electron chi connectivity index (χ0n) is 12.3. The Bertz CT molecular complexity index is 482. The van der Waals surface area contributed by atoms with Gasteiger partial charge < -0.3 is 11.1 Å². The summed E-state index contributed by atoms with van der Waals surface area (Å²) in [5, 5.41) is 3.05. The van der Waals surface area contributed by atoms with E-state index < -0.39 is 0 Å². The van der Waals surface area contributed by atoms with Crippen LogP contribution >= 0.6 is 0 Å². The van der Waals surface area contributed by atoms with Crippen molar-refractivity contribution < 1.29 is 4.79 Å². The highest BCUT2D eigenvalue weighted by Crippen LogP contribution is 2.30. The highest BCUT2D eigenvalue weighted by molar-refractivity contribution is 5.94. The molecule has 0 unspecified atom stereocenters. The van der Waals surface area contributed by atoms with Gasteiger partial charge in [-0.2, -0.15) is 0 Å². The lowest BCUT2D eigenvalue weighted by Crippen LogP contribution is -2.42. The lowest BCUT2D eigenvalue weighted by Gasteiger charge is -2.31. The third-order valence-corrected chi connectivity index (χ3v) is 3.91. The maximum Gasteiger partial charge on any atom is 0.227 e. The number of carbonyl (C=O) groups is 1. The number of carbonyl (C=O) groups excluding carboxylic acids is 1. The molecule has 104 valence electrons. The molecule has 3 heteroatoms. The fourth-order valence-electron chi connectivity index (χ4n) is 2.33. The van der Waals surface area contributed by atoms with E-state index in [1.165, 1.54) is 5.56 Å². The van der Waals surface area contributed by atoms with Crippen molar-refractivity contribution in [2.75, 3.05) is 5.32 Å². The van der Waals surface area contributed by atoms with E-state index in [1.807, 2.05) is 6.92 Å². The van der Waals surface area contributed by atoms with E-state index in [-0.39, 0.29) is 23.3 Å². The number of hydrogen-bond acceptors (Lipinski definition) is 2. The predicted molar refractivity (Wildman–Crippen MR) is 79.2 cm³/mol. The Morgan fingerprint density at radius 3 is 2.47 bits per heavy atom.